The van der Waals surface area contributed by atoms with Gasteiger partial charge in [0.2, 0.25) is 0 Å². The van der Waals surface area contributed by atoms with Crippen LogP contribution < -0.4 is 0 Å². The Labute approximate surface area is 204 Å². The topological polar surface area (TPSA) is 75.8 Å². The zero-order valence-corrected chi connectivity index (χ0v) is 20.8. The van der Waals surface area contributed by atoms with Crippen molar-refractivity contribution in [3.8, 4) is 11.3 Å². The lowest BCUT2D eigenvalue weighted by Gasteiger charge is -2.56. The van der Waals surface area contributed by atoms with E-state index in [4.69, 9.17) is 32.5 Å². The highest BCUT2D eigenvalue weighted by Crippen LogP contribution is 2.62. The zero-order valence-electron chi connectivity index (χ0n) is 19.3. The smallest absolute Gasteiger partial charge is 0.410 e. The van der Waals surface area contributed by atoms with Crippen LogP contribution in [0.1, 0.15) is 76.5 Å². The molecular weight excluding hydrogens is 463 g/mol. The Hall–Kier alpha value is -1.76. The molecule has 0 radical (unpaired) electrons. The lowest BCUT2D eigenvalue weighted by Crippen LogP contribution is -2.55. The second-order valence-electron chi connectivity index (χ2n) is 11.0. The molecule has 2 aliphatic carbocycles. The van der Waals surface area contributed by atoms with Crippen molar-refractivity contribution in [2.75, 3.05) is 13.1 Å². The zero-order chi connectivity index (χ0) is 23.6. The molecule has 1 spiro atoms. The highest BCUT2D eigenvalue weighted by molar-refractivity contribution is 6.39. The summed E-state index contributed by atoms with van der Waals surface area (Å²) in [5, 5.41) is 17.1. The average molecular weight is 493 g/mol. The van der Waals surface area contributed by atoms with Gasteiger partial charge >= 0.3 is 6.09 Å². The molecule has 1 aromatic heterocycles. The number of aromatic nitrogens is 1. The summed E-state index contributed by atoms with van der Waals surface area (Å²) in [5.41, 5.74) is 0.362. The Morgan fingerprint density at radius 1 is 1.18 bits per heavy atom. The van der Waals surface area contributed by atoms with Crippen LogP contribution in [0.5, 0.6) is 0 Å². The average Bonchev–Trinajstić information content (AvgIpc) is 3.45. The molecule has 5 rings (SSSR count). The fourth-order valence-electron chi connectivity index (χ4n) is 5.48. The molecule has 178 valence electrons. The molecule has 0 unspecified atom stereocenters. The maximum Gasteiger partial charge on any atom is 0.410 e. The van der Waals surface area contributed by atoms with E-state index < -0.39 is 11.2 Å². The molecule has 1 N–H and O–H groups in total. The first-order valence-corrected chi connectivity index (χ1v) is 12.4. The predicted molar refractivity (Wildman–Crippen MR) is 127 cm³/mol. The van der Waals surface area contributed by atoms with Crippen LogP contribution in [0.3, 0.4) is 0 Å². The number of amides is 1. The minimum atomic E-state index is -1.04. The van der Waals surface area contributed by atoms with Gasteiger partial charge in [0.15, 0.2) is 0 Å². The maximum atomic E-state index is 12.4. The summed E-state index contributed by atoms with van der Waals surface area (Å²) in [6.45, 7) is 6.89. The lowest BCUT2D eigenvalue weighted by molar-refractivity contribution is -0.154. The quantitative estimate of drug-likeness (QED) is 0.527. The van der Waals surface area contributed by atoms with Gasteiger partial charge in [0.1, 0.15) is 17.1 Å². The van der Waals surface area contributed by atoms with Gasteiger partial charge in [0.25, 0.3) is 0 Å². The first kappa shape index (κ1) is 23.0. The summed E-state index contributed by atoms with van der Waals surface area (Å²) in [6.07, 6.45) is 4.68. The number of nitrogens with zero attached hydrogens (tertiary/aromatic N) is 2. The Balaban J connectivity index is 1.37. The number of hydrogen-bond acceptors (Lipinski definition) is 5. The Kier molecular flexibility index (Phi) is 5.50. The summed E-state index contributed by atoms with van der Waals surface area (Å²) in [4.78, 5) is 14.2. The Bertz CT molecular complexity index is 1050. The van der Waals surface area contributed by atoms with E-state index in [1.807, 2.05) is 20.8 Å². The number of ether oxygens (including phenoxy) is 1. The third kappa shape index (κ3) is 4.26. The van der Waals surface area contributed by atoms with Crippen LogP contribution in [-0.2, 0) is 10.3 Å². The summed E-state index contributed by atoms with van der Waals surface area (Å²) in [5.74, 6) is 1.06. The molecule has 1 amide bonds. The number of piperidine rings is 1. The van der Waals surface area contributed by atoms with E-state index in [1.54, 1.807) is 23.1 Å². The van der Waals surface area contributed by atoms with E-state index in [2.05, 4.69) is 5.16 Å². The van der Waals surface area contributed by atoms with Gasteiger partial charge in [-0.3, -0.25) is 0 Å². The van der Waals surface area contributed by atoms with Crippen molar-refractivity contribution in [1.82, 2.24) is 10.1 Å². The fraction of sp³-hybridized carbons (Fsp3) is 0.600. The van der Waals surface area contributed by atoms with Crippen molar-refractivity contribution < 1.29 is 19.2 Å². The van der Waals surface area contributed by atoms with Gasteiger partial charge in [-0.05, 0) is 76.8 Å². The Morgan fingerprint density at radius 2 is 1.79 bits per heavy atom. The summed E-state index contributed by atoms with van der Waals surface area (Å²) < 4.78 is 11.3. The third-order valence-corrected chi connectivity index (χ3v) is 7.77. The van der Waals surface area contributed by atoms with Crippen LogP contribution >= 0.6 is 23.2 Å². The van der Waals surface area contributed by atoms with E-state index in [-0.39, 0.29) is 17.4 Å². The molecule has 1 aliphatic heterocycles. The summed E-state index contributed by atoms with van der Waals surface area (Å²) in [7, 11) is 0. The Morgan fingerprint density at radius 3 is 2.33 bits per heavy atom. The number of benzene rings is 1. The van der Waals surface area contributed by atoms with E-state index in [9.17, 15) is 9.90 Å². The lowest BCUT2D eigenvalue weighted by atomic mass is 9.53. The van der Waals surface area contributed by atoms with Crippen molar-refractivity contribution in [3.05, 3.63) is 39.6 Å². The molecule has 2 heterocycles. The fourth-order valence-corrected chi connectivity index (χ4v) is 6.06. The predicted octanol–water partition coefficient (Wildman–Crippen LogP) is 6.52. The van der Waals surface area contributed by atoms with Crippen molar-refractivity contribution in [2.24, 2.45) is 5.41 Å². The minimum Gasteiger partial charge on any atom is -0.444 e. The van der Waals surface area contributed by atoms with Gasteiger partial charge in [-0.15, -0.1) is 0 Å². The second kappa shape index (κ2) is 7.89. The number of carbonyl (C=O) groups is 1. The van der Waals surface area contributed by atoms with Crippen LogP contribution in [0.25, 0.3) is 11.3 Å². The van der Waals surface area contributed by atoms with Crippen LogP contribution in [0, 0.1) is 5.41 Å². The molecule has 2 aromatic rings. The number of carbonyl (C=O) groups excluding carboxylic acids is 1. The van der Waals surface area contributed by atoms with Crippen LogP contribution in [0.2, 0.25) is 10.0 Å². The number of hydrogen-bond donors (Lipinski definition) is 1. The first-order valence-electron chi connectivity index (χ1n) is 11.7. The number of aliphatic hydroxyl groups is 1. The molecule has 3 fully saturated rings. The summed E-state index contributed by atoms with van der Waals surface area (Å²) >= 11 is 13.0. The molecule has 0 bridgehead atoms. The monoisotopic (exact) mass is 492 g/mol. The number of halogens is 2. The first-order chi connectivity index (χ1) is 15.5. The number of likely N-dealkylation sites (tertiary alicyclic amines) is 1. The molecular formula is C25H30Cl2N2O4. The molecule has 3 aliphatic rings. The highest BCUT2D eigenvalue weighted by atomic mass is 35.5. The third-order valence-electron chi connectivity index (χ3n) is 7.14. The van der Waals surface area contributed by atoms with Gasteiger partial charge in [-0.25, -0.2) is 4.79 Å². The SMILES string of the molecule is CC(C)(C)OC(=O)N1CCC2(CC1)CC(O)(c1c(-c3c(Cl)cccc3Cl)noc1C1CC1)C2. The van der Waals surface area contributed by atoms with Crippen molar-refractivity contribution in [1.29, 1.82) is 0 Å². The van der Waals surface area contributed by atoms with Gasteiger partial charge in [0, 0.05) is 24.6 Å². The van der Waals surface area contributed by atoms with E-state index >= 15 is 0 Å². The van der Waals surface area contributed by atoms with E-state index in [0.29, 0.717) is 47.2 Å². The standard InChI is InChI=1S/C25H30Cl2N2O4/c1-23(2,3)32-22(30)29-11-9-24(10-12-29)13-25(31,14-24)19-20(28-33-21(19)15-7-8-15)18-16(26)5-4-6-17(18)27/h4-6,15,31H,7-14H2,1-3H3. The molecule has 33 heavy (non-hydrogen) atoms. The molecule has 2 saturated carbocycles. The number of rotatable bonds is 3. The van der Waals surface area contributed by atoms with Crippen LogP contribution in [-0.4, -0.2) is 39.9 Å². The van der Waals surface area contributed by atoms with E-state index in [1.165, 1.54) is 0 Å². The van der Waals surface area contributed by atoms with Crippen LogP contribution in [0.4, 0.5) is 4.79 Å². The molecule has 8 heteroatoms. The van der Waals surface area contributed by atoms with E-state index in [0.717, 1.165) is 37.0 Å². The maximum absolute atomic E-state index is 12.4. The minimum absolute atomic E-state index is 0.00704. The second-order valence-corrected chi connectivity index (χ2v) is 11.8. The van der Waals surface area contributed by atoms with Crippen molar-refractivity contribution in [2.45, 2.75) is 76.4 Å². The normalized spacial score (nSPS) is 21.7. The van der Waals surface area contributed by atoms with Gasteiger partial charge < -0.3 is 19.3 Å². The highest BCUT2D eigenvalue weighted by Gasteiger charge is 2.58. The van der Waals surface area contributed by atoms with Crippen LogP contribution in [0.15, 0.2) is 22.7 Å². The molecule has 0 atom stereocenters. The van der Waals surface area contributed by atoms with Crippen molar-refractivity contribution in [3.63, 3.8) is 0 Å². The molecule has 1 saturated heterocycles. The molecule has 1 aromatic carbocycles. The molecule has 6 nitrogen and oxygen atoms in total. The largest absolute Gasteiger partial charge is 0.444 e. The van der Waals surface area contributed by atoms with Crippen molar-refractivity contribution >= 4 is 29.3 Å². The van der Waals surface area contributed by atoms with Gasteiger partial charge in [0.05, 0.1) is 21.2 Å². The van der Waals surface area contributed by atoms with Gasteiger partial charge in [-0.2, -0.15) is 0 Å². The van der Waals surface area contributed by atoms with Gasteiger partial charge in [-0.1, -0.05) is 34.4 Å². The summed E-state index contributed by atoms with van der Waals surface area (Å²) in [6, 6.07) is 5.34.